The maximum absolute atomic E-state index is 11.8. The summed E-state index contributed by atoms with van der Waals surface area (Å²) in [6, 6.07) is 5.64. The van der Waals surface area contributed by atoms with Gasteiger partial charge < -0.3 is 5.32 Å². The van der Waals surface area contributed by atoms with Gasteiger partial charge in [0.15, 0.2) is 0 Å². The van der Waals surface area contributed by atoms with Crippen molar-refractivity contribution in [1.29, 1.82) is 0 Å². The molecule has 1 N–H and O–H groups in total. The van der Waals surface area contributed by atoms with Gasteiger partial charge in [-0.15, -0.1) is 11.3 Å². The number of fused-ring (bicyclic) bond motifs is 1. The highest BCUT2D eigenvalue weighted by Crippen LogP contribution is 2.41. The minimum absolute atomic E-state index is 0.00217. The Morgan fingerprint density at radius 1 is 1.39 bits per heavy atom. The molecule has 0 fully saturated rings. The van der Waals surface area contributed by atoms with E-state index in [2.05, 4.69) is 10.3 Å². The topological polar surface area (TPSA) is 42.0 Å². The molecule has 0 aromatic carbocycles. The molecule has 1 amide bonds. The fourth-order valence-corrected chi connectivity index (χ4v) is 3.51. The molecular formula is C13H11ClN2OS. The summed E-state index contributed by atoms with van der Waals surface area (Å²) in [5, 5.41) is 3.42. The molecule has 3 nitrogen and oxygen atoms in total. The maximum atomic E-state index is 11.8. The number of hydrogen-bond acceptors (Lipinski definition) is 3. The minimum atomic E-state index is -0.286. The van der Waals surface area contributed by atoms with Crippen LogP contribution in [-0.4, -0.2) is 10.9 Å². The maximum Gasteiger partial charge on any atom is 0.253 e. The quantitative estimate of drug-likeness (QED) is 0.812. The third kappa shape index (κ3) is 1.72. The van der Waals surface area contributed by atoms with Crippen LogP contribution in [0.15, 0.2) is 24.4 Å². The van der Waals surface area contributed by atoms with Crippen molar-refractivity contribution in [2.24, 2.45) is 0 Å². The van der Waals surface area contributed by atoms with Crippen LogP contribution >= 0.6 is 22.9 Å². The minimum Gasteiger partial charge on any atom is -0.342 e. The van der Waals surface area contributed by atoms with Crippen molar-refractivity contribution in [2.45, 2.75) is 19.4 Å². The Kier molecular flexibility index (Phi) is 2.47. The van der Waals surface area contributed by atoms with Crippen molar-refractivity contribution in [3.63, 3.8) is 0 Å². The molecule has 2 aromatic heterocycles. The lowest BCUT2D eigenvalue weighted by atomic mass is 10.0. The molecule has 0 saturated heterocycles. The van der Waals surface area contributed by atoms with E-state index in [1.807, 2.05) is 32.0 Å². The van der Waals surface area contributed by atoms with Crippen molar-refractivity contribution in [3.05, 3.63) is 40.0 Å². The molecule has 0 atom stereocenters. The molecule has 0 spiro atoms. The van der Waals surface area contributed by atoms with Crippen molar-refractivity contribution in [3.8, 4) is 10.4 Å². The van der Waals surface area contributed by atoms with Gasteiger partial charge in [0.05, 0.1) is 11.1 Å². The number of aromatic nitrogens is 1. The van der Waals surface area contributed by atoms with Crippen LogP contribution in [0.25, 0.3) is 10.4 Å². The summed E-state index contributed by atoms with van der Waals surface area (Å²) < 4.78 is 0. The molecule has 18 heavy (non-hydrogen) atoms. The van der Waals surface area contributed by atoms with Gasteiger partial charge in [0, 0.05) is 16.0 Å². The third-order valence-electron chi connectivity index (χ3n) is 2.98. The average molecular weight is 279 g/mol. The highest BCUT2D eigenvalue weighted by atomic mass is 35.5. The second-order valence-electron chi connectivity index (χ2n) is 4.80. The van der Waals surface area contributed by atoms with Crippen LogP contribution in [0, 0.1) is 0 Å². The molecule has 92 valence electrons. The van der Waals surface area contributed by atoms with Crippen LogP contribution in [-0.2, 0) is 5.54 Å². The van der Waals surface area contributed by atoms with Crippen LogP contribution < -0.4 is 5.32 Å². The highest BCUT2D eigenvalue weighted by Gasteiger charge is 2.37. The number of pyridine rings is 1. The van der Waals surface area contributed by atoms with Gasteiger partial charge in [-0.1, -0.05) is 11.6 Å². The van der Waals surface area contributed by atoms with Crippen LogP contribution in [0.5, 0.6) is 0 Å². The summed E-state index contributed by atoms with van der Waals surface area (Å²) >= 11 is 7.51. The Bertz CT molecular complexity index is 648. The van der Waals surface area contributed by atoms with Crippen LogP contribution in [0.2, 0.25) is 5.15 Å². The zero-order chi connectivity index (χ0) is 12.9. The normalized spacial score (nSPS) is 16.5. The van der Waals surface area contributed by atoms with Crippen LogP contribution in [0.3, 0.4) is 0 Å². The highest BCUT2D eigenvalue weighted by molar-refractivity contribution is 7.16. The Labute approximate surface area is 114 Å². The molecule has 3 heterocycles. The van der Waals surface area contributed by atoms with Crippen molar-refractivity contribution < 1.29 is 4.79 Å². The molecule has 0 saturated carbocycles. The summed E-state index contributed by atoms with van der Waals surface area (Å²) in [7, 11) is 0. The lowest BCUT2D eigenvalue weighted by molar-refractivity contribution is 0.0940. The number of carbonyl (C=O) groups excluding carboxylic acids is 1. The van der Waals surface area contributed by atoms with E-state index in [1.54, 1.807) is 17.5 Å². The van der Waals surface area contributed by atoms with E-state index in [-0.39, 0.29) is 11.4 Å². The van der Waals surface area contributed by atoms with E-state index < -0.39 is 0 Å². The van der Waals surface area contributed by atoms with E-state index in [1.165, 1.54) is 0 Å². The first kappa shape index (κ1) is 11.7. The van der Waals surface area contributed by atoms with Gasteiger partial charge in [0.2, 0.25) is 0 Å². The summed E-state index contributed by atoms with van der Waals surface area (Å²) in [5.41, 5.74) is 1.48. The van der Waals surface area contributed by atoms with E-state index in [0.717, 1.165) is 20.9 Å². The Balaban J connectivity index is 2.13. The average Bonchev–Trinajstić information content (AvgIpc) is 2.80. The molecule has 0 bridgehead atoms. The zero-order valence-corrected chi connectivity index (χ0v) is 11.5. The number of nitrogens with one attached hydrogen (secondary N) is 1. The van der Waals surface area contributed by atoms with Crippen molar-refractivity contribution in [1.82, 2.24) is 10.3 Å². The van der Waals surface area contributed by atoms with Gasteiger partial charge >= 0.3 is 0 Å². The summed E-state index contributed by atoms with van der Waals surface area (Å²) in [6.07, 6.45) is 1.67. The van der Waals surface area contributed by atoms with Gasteiger partial charge in [-0.25, -0.2) is 4.98 Å². The molecule has 0 aliphatic carbocycles. The van der Waals surface area contributed by atoms with Gasteiger partial charge in [0.1, 0.15) is 5.15 Å². The number of hydrogen-bond donors (Lipinski definition) is 1. The molecule has 2 aromatic rings. The molecule has 3 rings (SSSR count). The van der Waals surface area contributed by atoms with Gasteiger partial charge in [-0.2, -0.15) is 0 Å². The van der Waals surface area contributed by atoms with E-state index in [0.29, 0.717) is 5.15 Å². The largest absolute Gasteiger partial charge is 0.342 e. The molecular weight excluding hydrogens is 268 g/mol. The predicted molar refractivity (Wildman–Crippen MR) is 73.1 cm³/mol. The fourth-order valence-electron chi connectivity index (χ4n) is 2.13. The van der Waals surface area contributed by atoms with Gasteiger partial charge in [-0.05, 0) is 37.6 Å². The zero-order valence-electron chi connectivity index (χ0n) is 9.95. The van der Waals surface area contributed by atoms with Crippen molar-refractivity contribution in [2.75, 3.05) is 0 Å². The number of amides is 1. The monoisotopic (exact) mass is 278 g/mol. The van der Waals surface area contributed by atoms with E-state index in [4.69, 9.17) is 11.6 Å². The number of rotatable bonds is 1. The number of carbonyl (C=O) groups is 1. The summed E-state index contributed by atoms with van der Waals surface area (Å²) in [6.45, 7) is 4.02. The standard InChI is InChI=1S/C13H11ClN2OS/c1-13(2)11-8(12(17)16-13)6-9(18-11)7-3-4-15-10(14)5-7/h3-6H,1-2H3,(H,16,17). The van der Waals surface area contributed by atoms with E-state index in [9.17, 15) is 4.79 Å². The summed E-state index contributed by atoms with van der Waals surface area (Å²) in [4.78, 5) is 17.9. The molecule has 1 aliphatic heterocycles. The third-order valence-corrected chi connectivity index (χ3v) is 4.70. The lowest BCUT2D eigenvalue weighted by Crippen LogP contribution is -2.32. The first-order valence-electron chi connectivity index (χ1n) is 5.56. The Morgan fingerprint density at radius 3 is 2.83 bits per heavy atom. The molecule has 1 aliphatic rings. The fraction of sp³-hybridized carbons (Fsp3) is 0.231. The number of nitrogens with zero attached hydrogens (tertiary/aromatic N) is 1. The number of halogens is 1. The number of thiophene rings is 1. The Morgan fingerprint density at radius 2 is 2.17 bits per heavy atom. The van der Waals surface area contributed by atoms with Crippen LogP contribution in [0.1, 0.15) is 29.1 Å². The molecule has 5 heteroatoms. The first-order chi connectivity index (χ1) is 8.47. The molecule has 0 radical (unpaired) electrons. The van der Waals surface area contributed by atoms with Crippen molar-refractivity contribution >= 4 is 28.8 Å². The lowest BCUT2D eigenvalue weighted by Gasteiger charge is -2.17. The first-order valence-corrected chi connectivity index (χ1v) is 6.75. The smallest absolute Gasteiger partial charge is 0.253 e. The second kappa shape index (κ2) is 3.80. The van der Waals surface area contributed by atoms with Gasteiger partial charge in [0.25, 0.3) is 5.91 Å². The molecule has 0 unspecified atom stereocenters. The predicted octanol–water partition coefficient (Wildman–Crippen LogP) is 3.44. The van der Waals surface area contributed by atoms with Crippen LogP contribution in [0.4, 0.5) is 0 Å². The Hall–Kier alpha value is -1.39. The van der Waals surface area contributed by atoms with Gasteiger partial charge in [-0.3, -0.25) is 4.79 Å². The summed E-state index contributed by atoms with van der Waals surface area (Å²) in [5.74, 6) is -0.00217. The SMILES string of the molecule is CC1(C)NC(=O)c2cc(-c3ccnc(Cl)c3)sc21. The van der Waals surface area contributed by atoms with E-state index >= 15 is 0 Å². The second-order valence-corrected chi connectivity index (χ2v) is 6.24.